The summed E-state index contributed by atoms with van der Waals surface area (Å²) >= 11 is 6.24. The molecule has 43 heavy (non-hydrogen) atoms. The minimum Gasteiger partial charge on any atom is -0.491 e. The Balaban J connectivity index is 1.42. The van der Waals surface area contributed by atoms with Crippen LogP contribution in [0.15, 0.2) is 48.5 Å². The maximum atomic E-state index is 14.6. The van der Waals surface area contributed by atoms with Crippen LogP contribution in [0, 0.1) is 5.41 Å². The van der Waals surface area contributed by atoms with Crippen LogP contribution in [0.2, 0.25) is 5.02 Å². The SMILES string of the molecule is CC(C)Oc1cccc(-c2cc(Cl)ccc2[C@@H](Oc2cc(N3CCC4(CC3)CNC(C(=O)O)C4)nc(N)n2)C(F)(F)F)c1. The van der Waals surface area contributed by atoms with Gasteiger partial charge in [0.2, 0.25) is 17.9 Å². The largest absolute Gasteiger partial charge is 0.491 e. The Hall–Kier alpha value is -3.77. The number of anilines is 2. The van der Waals surface area contributed by atoms with Crippen LogP contribution in [-0.4, -0.2) is 59.0 Å². The second-order valence-corrected chi connectivity index (χ2v) is 11.8. The first-order valence-corrected chi connectivity index (χ1v) is 14.4. The van der Waals surface area contributed by atoms with Crippen molar-refractivity contribution >= 4 is 29.3 Å². The Morgan fingerprint density at radius 1 is 1.14 bits per heavy atom. The van der Waals surface area contributed by atoms with Crippen LogP contribution in [-0.2, 0) is 4.79 Å². The number of nitrogen functional groups attached to an aromatic ring is 1. The number of aliphatic carboxylic acids is 1. The molecule has 230 valence electrons. The molecule has 2 atom stereocenters. The van der Waals surface area contributed by atoms with Gasteiger partial charge in [0.25, 0.3) is 0 Å². The smallest absolute Gasteiger partial charge is 0.429 e. The summed E-state index contributed by atoms with van der Waals surface area (Å²) < 4.78 is 55.2. The van der Waals surface area contributed by atoms with E-state index in [2.05, 4.69) is 15.3 Å². The lowest BCUT2D eigenvalue weighted by Gasteiger charge is -2.39. The van der Waals surface area contributed by atoms with Crippen molar-refractivity contribution in [2.45, 2.75) is 57.5 Å². The molecule has 3 aromatic rings. The molecule has 2 aromatic carbocycles. The van der Waals surface area contributed by atoms with Crippen LogP contribution in [0.25, 0.3) is 11.1 Å². The summed E-state index contributed by atoms with van der Waals surface area (Å²) in [5, 5.41) is 12.7. The van der Waals surface area contributed by atoms with Crippen LogP contribution >= 0.6 is 11.6 Å². The lowest BCUT2D eigenvalue weighted by Crippen LogP contribution is -2.41. The molecule has 1 spiro atoms. The summed E-state index contributed by atoms with van der Waals surface area (Å²) in [4.78, 5) is 21.5. The number of carbonyl (C=O) groups is 1. The standard InChI is InChI=1S/C30H33ClF3N5O4/c1-17(2)42-20-5-3-4-18(12-20)22-13-19(31)6-7-21(22)26(30(32,33)34)43-25-14-24(37-28(35)38-25)39-10-8-29(9-11-39)15-23(27(40)41)36-16-29/h3-7,12-14,17,23,26,36H,8-11,15-16H2,1-2H3,(H,40,41)(H2,35,37,38)/t23?,26-/m1/s1. The van der Waals surface area contributed by atoms with Gasteiger partial charge in [0.15, 0.2) is 0 Å². The van der Waals surface area contributed by atoms with Crippen molar-refractivity contribution in [1.82, 2.24) is 15.3 Å². The molecule has 0 radical (unpaired) electrons. The van der Waals surface area contributed by atoms with Crippen LogP contribution < -0.4 is 25.4 Å². The van der Waals surface area contributed by atoms with Crippen LogP contribution in [0.4, 0.5) is 24.9 Å². The first-order valence-electron chi connectivity index (χ1n) is 14.0. The number of hydrogen-bond acceptors (Lipinski definition) is 8. The van der Waals surface area contributed by atoms with E-state index in [4.69, 9.17) is 26.8 Å². The highest BCUT2D eigenvalue weighted by atomic mass is 35.5. The van der Waals surface area contributed by atoms with E-state index in [1.807, 2.05) is 18.7 Å². The summed E-state index contributed by atoms with van der Waals surface area (Å²) in [5.74, 6) is -0.571. The first-order chi connectivity index (χ1) is 20.3. The van der Waals surface area contributed by atoms with Crippen molar-refractivity contribution in [2.75, 3.05) is 30.3 Å². The van der Waals surface area contributed by atoms with E-state index in [0.29, 0.717) is 56.0 Å². The number of ether oxygens (including phenoxy) is 2. The Morgan fingerprint density at radius 2 is 1.88 bits per heavy atom. The third-order valence-corrected chi connectivity index (χ3v) is 8.10. The van der Waals surface area contributed by atoms with E-state index in [1.54, 1.807) is 24.3 Å². The topological polar surface area (TPSA) is 123 Å². The van der Waals surface area contributed by atoms with Gasteiger partial charge in [-0.15, -0.1) is 0 Å². The van der Waals surface area contributed by atoms with Crippen molar-refractivity contribution in [3.63, 3.8) is 0 Å². The minimum absolute atomic E-state index is 0.125. The summed E-state index contributed by atoms with van der Waals surface area (Å²) in [7, 11) is 0. The number of piperidine rings is 1. The van der Waals surface area contributed by atoms with E-state index < -0.39 is 24.3 Å². The van der Waals surface area contributed by atoms with E-state index in [0.717, 1.165) is 0 Å². The van der Waals surface area contributed by atoms with Crippen molar-refractivity contribution < 1.29 is 32.5 Å². The van der Waals surface area contributed by atoms with Gasteiger partial charge in [-0.2, -0.15) is 23.1 Å². The van der Waals surface area contributed by atoms with Gasteiger partial charge in [-0.1, -0.05) is 29.8 Å². The summed E-state index contributed by atoms with van der Waals surface area (Å²) in [6.07, 6.45) is -5.41. The highest BCUT2D eigenvalue weighted by molar-refractivity contribution is 6.30. The number of nitrogens with one attached hydrogen (secondary N) is 1. The second kappa shape index (κ2) is 12.1. The van der Waals surface area contributed by atoms with Crippen LogP contribution in [0.3, 0.4) is 0 Å². The van der Waals surface area contributed by atoms with Gasteiger partial charge >= 0.3 is 12.1 Å². The fraction of sp³-hybridized carbons (Fsp3) is 0.433. The number of aromatic nitrogens is 2. The predicted molar refractivity (Wildman–Crippen MR) is 156 cm³/mol. The number of carboxylic acid groups (broad SMARTS) is 1. The second-order valence-electron chi connectivity index (χ2n) is 11.4. The molecule has 0 aliphatic carbocycles. The molecular weight excluding hydrogens is 587 g/mol. The average Bonchev–Trinajstić information content (AvgIpc) is 3.35. The summed E-state index contributed by atoms with van der Waals surface area (Å²) in [6, 6.07) is 11.7. The number of rotatable bonds is 8. The van der Waals surface area contributed by atoms with Crippen molar-refractivity contribution in [2.24, 2.45) is 5.41 Å². The first kappa shape index (κ1) is 30.7. The lowest BCUT2D eigenvalue weighted by molar-refractivity contribution is -0.198. The van der Waals surface area contributed by atoms with Crippen LogP contribution in [0.1, 0.15) is 44.8 Å². The number of nitrogens with two attached hydrogens (primary N) is 1. The van der Waals surface area contributed by atoms with Gasteiger partial charge in [0, 0.05) is 36.3 Å². The Kier molecular flexibility index (Phi) is 8.62. The lowest BCUT2D eigenvalue weighted by atomic mass is 9.76. The fourth-order valence-corrected chi connectivity index (χ4v) is 5.95. The molecule has 4 N–H and O–H groups in total. The maximum Gasteiger partial charge on any atom is 0.429 e. The Bertz CT molecular complexity index is 1480. The molecule has 2 aliphatic heterocycles. The Morgan fingerprint density at radius 3 is 2.53 bits per heavy atom. The molecule has 9 nitrogen and oxygen atoms in total. The van der Waals surface area contributed by atoms with Gasteiger partial charge < -0.3 is 30.5 Å². The fourth-order valence-electron chi connectivity index (χ4n) is 5.78. The normalized spacial score (nSPS) is 19.0. The molecule has 5 rings (SSSR count). The highest BCUT2D eigenvalue weighted by Gasteiger charge is 2.46. The van der Waals surface area contributed by atoms with Gasteiger partial charge in [0.05, 0.1) is 6.10 Å². The molecule has 2 saturated heterocycles. The summed E-state index contributed by atoms with van der Waals surface area (Å²) in [6.45, 7) is 5.37. The van der Waals surface area contributed by atoms with E-state index in [-0.39, 0.29) is 39.5 Å². The highest BCUT2D eigenvalue weighted by Crippen LogP contribution is 2.44. The van der Waals surface area contributed by atoms with Gasteiger partial charge in [-0.25, -0.2) is 0 Å². The zero-order valence-corrected chi connectivity index (χ0v) is 24.5. The molecule has 13 heteroatoms. The molecular formula is C30H33ClF3N5O4. The number of carboxylic acids is 1. The quantitative estimate of drug-likeness (QED) is 0.284. The molecule has 0 bridgehead atoms. The number of nitrogens with zero attached hydrogens (tertiary/aromatic N) is 3. The maximum absolute atomic E-state index is 14.6. The van der Waals surface area contributed by atoms with Gasteiger partial charge in [-0.05, 0) is 73.9 Å². The van der Waals surface area contributed by atoms with E-state index in [9.17, 15) is 23.1 Å². The molecule has 0 saturated carbocycles. The number of halogens is 4. The third kappa shape index (κ3) is 7.07. The molecule has 1 aromatic heterocycles. The zero-order valence-electron chi connectivity index (χ0n) is 23.7. The average molecular weight is 620 g/mol. The number of hydrogen-bond donors (Lipinski definition) is 3. The number of alkyl halides is 3. The van der Waals surface area contributed by atoms with Crippen molar-refractivity contribution in [3.8, 4) is 22.8 Å². The third-order valence-electron chi connectivity index (χ3n) is 7.86. The molecule has 2 fully saturated rings. The van der Waals surface area contributed by atoms with Crippen molar-refractivity contribution in [3.05, 3.63) is 59.1 Å². The zero-order chi connectivity index (χ0) is 30.9. The van der Waals surface area contributed by atoms with E-state index in [1.165, 1.54) is 24.3 Å². The molecule has 0 amide bonds. The van der Waals surface area contributed by atoms with Crippen LogP contribution in [0.5, 0.6) is 11.6 Å². The Labute approximate surface area is 252 Å². The minimum atomic E-state index is -4.82. The van der Waals surface area contributed by atoms with Crippen molar-refractivity contribution in [1.29, 1.82) is 0 Å². The molecule has 3 heterocycles. The predicted octanol–water partition coefficient (Wildman–Crippen LogP) is 5.88. The molecule has 1 unspecified atom stereocenters. The van der Waals surface area contributed by atoms with Gasteiger partial charge in [0.1, 0.15) is 17.6 Å². The number of benzene rings is 2. The summed E-state index contributed by atoms with van der Waals surface area (Å²) in [5.41, 5.74) is 6.34. The van der Waals surface area contributed by atoms with Gasteiger partial charge in [-0.3, -0.25) is 4.79 Å². The molecule has 2 aliphatic rings. The monoisotopic (exact) mass is 619 g/mol. The van der Waals surface area contributed by atoms with E-state index >= 15 is 0 Å².